The monoisotopic (exact) mass is 282 g/mol. The highest BCUT2D eigenvalue weighted by Crippen LogP contribution is 2.42. The Bertz CT molecular complexity index is 489. The van der Waals surface area contributed by atoms with Gasteiger partial charge in [0.05, 0.1) is 28.3 Å². The summed E-state index contributed by atoms with van der Waals surface area (Å²) in [4.78, 5) is 0. The van der Waals surface area contributed by atoms with Crippen LogP contribution in [0.3, 0.4) is 0 Å². The summed E-state index contributed by atoms with van der Waals surface area (Å²) in [6.45, 7) is 1.95. The highest BCUT2D eigenvalue weighted by molar-refractivity contribution is 5.44. The number of nitrogens with zero attached hydrogens (tertiary/aromatic N) is 1. The van der Waals surface area contributed by atoms with Crippen molar-refractivity contribution in [3.63, 3.8) is 0 Å². The summed E-state index contributed by atoms with van der Waals surface area (Å²) < 4.78 is 11.1. The Morgan fingerprint density at radius 2 is 1.60 bits per heavy atom. The number of likely N-dealkylation sites (N-methyl/N-ethyl adjacent to an activating group) is 1. The number of ether oxygens (including phenoxy) is 2. The maximum atomic E-state index is 10.4. The van der Waals surface area contributed by atoms with Crippen molar-refractivity contribution in [3.8, 4) is 11.5 Å². The molecule has 0 saturated carbocycles. The number of rotatable bonds is 3. The summed E-state index contributed by atoms with van der Waals surface area (Å²) in [6.07, 6.45) is -1.53. The van der Waals surface area contributed by atoms with E-state index in [0.29, 0.717) is 16.0 Å². The number of benzene rings is 1. The average molecular weight is 282 g/mol. The predicted molar refractivity (Wildman–Crippen MR) is 75.9 cm³/mol. The number of likely N-dealkylation sites (tertiary alicyclic amines) is 1. The standard InChI is InChI=1S/C15H24NO4/c1-9-14(17)15(18)13(16(9,2)3)10-6-7-11(19-4)12(8-10)20-5/h6-9,13-15,17-18H,1-5H3/q+1/t9-,13-,14-,15-/m1/s1. The van der Waals surface area contributed by atoms with Crippen molar-refractivity contribution in [2.75, 3.05) is 28.3 Å². The van der Waals surface area contributed by atoms with Crippen LogP contribution in [0.4, 0.5) is 0 Å². The first-order valence-corrected chi connectivity index (χ1v) is 6.76. The van der Waals surface area contributed by atoms with E-state index < -0.39 is 12.2 Å². The lowest BCUT2D eigenvalue weighted by Crippen LogP contribution is -2.46. The maximum Gasteiger partial charge on any atom is 0.161 e. The fourth-order valence-electron chi connectivity index (χ4n) is 3.13. The minimum atomic E-state index is -0.793. The van der Waals surface area contributed by atoms with Gasteiger partial charge in [0.25, 0.3) is 0 Å². The Labute approximate surface area is 119 Å². The third-order valence-electron chi connectivity index (χ3n) is 4.68. The molecule has 0 aromatic heterocycles. The third kappa shape index (κ3) is 2.16. The SMILES string of the molecule is COc1ccc([C@@H]2[C@@H](O)[C@H](O)[C@@H](C)[N+]2(C)C)cc1OC. The Hall–Kier alpha value is -1.30. The van der Waals surface area contributed by atoms with Gasteiger partial charge in [-0.05, 0) is 25.1 Å². The maximum absolute atomic E-state index is 10.4. The molecule has 4 atom stereocenters. The van der Waals surface area contributed by atoms with Crippen LogP contribution >= 0.6 is 0 Å². The quantitative estimate of drug-likeness (QED) is 0.810. The number of methoxy groups -OCH3 is 2. The molecule has 1 saturated heterocycles. The number of hydrogen-bond donors (Lipinski definition) is 2. The summed E-state index contributed by atoms with van der Waals surface area (Å²) >= 11 is 0. The fourth-order valence-corrected chi connectivity index (χ4v) is 3.13. The van der Waals surface area contributed by atoms with E-state index in [9.17, 15) is 10.2 Å². The van der Waals surface area contributed by atoms with Crippen LogP contribution in [0.2, 0.25) is 0 Å². The molecule has 1 aromatic rings. The van der Waals surface area contributed by atoms with Gasteiger partial charge in [0.2, 0.25) is 0 Å². The van der Waals surface area contributed by atoms with Crippen molar-refractivity contribution in [2.45, 2.75) is 31.2 Å². The molecule has 0 unspecified atom stereocenters. The molecule has 0 aliphatic carbocycles. The van der Waals surface area contributed by atoms with Crippen LogP contribution < -0.4 is 9.47 Å². The van der Waals surface area contributed by atoms with Gasteiger partial charge in [-0.25, -0.2) is 0 Å². The molecule has 5 heteroatoms. The predicted octanol–water partition coefficient (Wildman–Crippen LogP) is 0.945. The molecular formula is C15H24NO4+. The third-order valence-corrected chi connectivity index (χ3v) is 4.68. The molecule has 112 valence electrons. The Morgan fingerprint density at radius 1 is 1.00 bits per heavy atom. The van der Waals surface area contributed by atoms with Crippen molar-refractivity contribution in [1.82, 2.24) is 0 Å². The number of aliphatic hydroxyl groups excluding tert-OH is 2. The van der Waals surface area contributed by atoms with Crippen molar-refractivity contribution in [1.29, 1.82) is 0 Å². The van der Waals surface area contributed by atoms with Crippen LogP contribution in [0.15, 0.2) is 18.2 Å². The molecule has 1 aliphatic rings. The number of quaternary nitrogens is 1. The summed E-state index contributed by atoms with van der Waals surface area (Å²) in [5.41, 5.74) is 0.934. The van der Waals surface area contributed by atoms with Gasteiger partial charge in [-0.2, -0.15) is 0 Å². The topological polar surface area (TPSA) is 58.9 Å². The molecule has 2 N–H and O–H groups in total. The normalized spacial score (nSPS) is 32.1. The van der Waals surface area contributed by atoms with Crippen LogP contribution in [0, 0.1) is 0 Å². The van der Waals surface area contributed by atoms with Gasteiger partial charge in [0.15, 0.2) is 11.5 Å². The van der Waals surface area contributed by atoms with E-state index in [1.54, 1.807) is 14.2 Å². The number of aliphatic hydroxyl groups is 2. The summed E-state index contributed by atoms with van der Waals surface area (Å²) in [5, 5.41) is 20.5. The van der Waals surface area contributed by atoms with Gasteiger partial charge in [-0.3, -0.25) is 0 Å². The first kappa shape index (κ1) is 15.1. The molecule has 0 bridgehead atoms. The molecule has 1 heterocycles. The Kier molecular flexibility index (Phi) is 3.95. The minimum Gasteiger partial charge on any atom is -0.493 e. The average Bonchev–Trinajstić information content (AvgIpc) is 2.58. The van der Waals surface area contributed by atoms with E-state index >= 15 is 0 Å². The molecule has 1 aromatic carbocycles. The zero-order valence-electron chi connectivity index (χ0n) is 12.7. The smallest absolute Gasteiger partial charge is 0.161 e. The molecule has 2 rings (SSSR count). The van der Waals surface area contributed by atoms with E-state index in [1.807, 2.05) is 39.2 Å². The highest BCUT2D eigenvalue weighted by atomic mass is 16.5. The molecular weight excluding hydrogens is 258 g/mol. The molecule has 1 aliphatic heterocycles. The van der Waals surface area contributed by atoms with Crippen LogP contribution in [-0.2, 0) is 0 Å². The molecule has 0 spiro atoms. The van der Waals surface area contributed by atoms with Crippen molar-refractivity contribution in [3.05, 3.63) is 23.8 Å². The largest absolute Gasteiger partial charge is 0.493 e. The second-order valence-corrected chi connectivity index (χ2v) is 5.91. The van der Waals surface area contributed by atoms with E-state index in [0.717, 1.165) is 5.56 Å². The molecule has 20 heavy (non-hydrogen) atoms. The van der Waals surface area contributed by atoms with Crippen molar-refractivity contribution < 1.29 is 24.2 Å². The van der Waals surface area contributed by atoms with Crippen LogP contribution in [0.1, 0.15) is 18.5 Å². The summed E-state index contributed by atoms with van der Waals surface area (Å²) in [5.74, 6) is 1.29. The van der Waals surface area contributed by atoms with Gasteiger partial charge in [-0.1, -0.05) is 0 Å². The lowest BCUT2D eigenvalue weighted by Gasteiger charge is -2.36. The fraction of sp³-hybridized carbons (Fsp3) is 0.600. The van der Waals surface area contributed by atoms with Crippen LogP contribution in [0.25, 0.3) is 0 Å². The summed E-state index contributed by atoms with van der Waals surface area (Å²) in [6, 6.07) is 5.39. The van der Waals surface area contributed by atoms with Crippen molar-refractivity contribution >= 4 is 0 Å². The lowest BCUT2D eigenvalue weighted by atomic mass is 10.00. The van der Waals surface area contributed by atoms with E-state index in [4.69, 9.17) is 9.47 Å². The second kappa shape index (κ2) is 5.24. The molecule has 5 nitrogen and oxygen atoms in total. The highest BCUT2D eigenvalue weighted by Gasteiger charge is 2.54. The lowest BCUT2D eigenvalue weighted by molar-refractivity contribution is -0.931. The van der Waals surface area contributed by atoms with E-state index in [-0.39, 0.29) is 12.1 Å². The van der Waals surface area contributed by atoms with Gasteiger partial charge in [0, 0.05) is 5.56 Å². The van der Waals surface area contributed by atoms with Crippen molar-refractivity contribution in [2.24, 2.45) is 0 Å². The second-order valence-electron chi connectivity index (χ2n) is 5.91. The van der Waals surface area contributed by atoms with Crippen LogP contribution in [-0.4, -0.2) is 61.3 Å². The zero-order valence-corrected chi connectivity index (χ0v) is 12.7. The van der Waals surface area contributed by atoms with Gasteiger partial charge >= 0.3 is 0 Å². The van der Waals surface area contributed by atoms with Gasteiger partial charge in [0.1, 0.15) is 24.3 Å². The molecule has 0 amide bonds. The van der Waals surface area contributed by atoms with Gasteiger partial charge < -0.3 is 24.2 Å². The summed E-state index contributed by atoms with van der Waals surface area (Å²) in [7, 11) is 7.22. The Balaban J connectivity index is 2.45. The van der Waals surface area contributed by atoms with Gasteiger partial charge in [-0.15, -0.1) is 0 Å². The van der Waals surface area contributed by atoms with Crippen LogP contribution in [0.5, 0.6) is 11.5 Å². The molecule has 1 fully saturated rings. The zero-order chi connectivity index (χ0) is 15.1. The van der Waals surface area contributed by atoms with E-state index in [2.05, 4.69) is 0 Å². The first-order valence-electron chi connectivity index (χ1n) is 6.76. The Morgan fingerprint density at radius 3 is 2.05 bits per heavy atom. The minimum absolute atomic E-state index is 0.0388. The van der Waals surface area contributed by atoms with E-state index in [1.165, 1.54) is 0 Å². The number of hydrogen-bond acceptors (Lipinski definition) is 4. The molecule has 0 radical (unpaired) electrons. The first-order chi connectivity index (χ1) is 9.34.